The van der Waals surface area contributed by atoms with Gasteiger partial charge in [0.2, 0.25) is 0 Å². The number of piperazine rings is 1. The predicted octanol–water partition coefficient (Wildman–Crippen LogP) is 3.75. The van der Waals surface area contributed by atoms with Crippen molar-refractivity contribution in [2.45, 2.75) is 51.0 Å². The van der Waals surface area contributed by atoms with E-state index in [2.05, 4.69) is 37.1 Å². The van der Waals surface area contributed by atoms with Crippen molar-refractivity contribution in [1.82, 2.24) is 29.1 Å². The summed E-state index contributed by atoms with van der Waals surface area (Å²) in [5.41, 5.74) is 1.93. The van der Waals surface area contributed by atoms with Gasteiger partial charge in [-0.15, -0.1) is 0 Å². The number of aliphatic hydroxyl groups is 1. The molecule has 276 valence electrons. The maximum Gasteiger partial charge on any atom is 0.350 e. The van der Waals surface area contributed by atoms with Crippen molar-refractivity contribution in [3.8, 4) is 11.4 Å². The van der Waals surface area contributed by atoms with Gasteiger partial charge in [0.05, 0.1) is 37.6 Å². The van der Waals surface area contributed by atoms with Crippen LogP contribution in [0.1, 0.15) is 38.3 Å². The van der Waals surface area contributed by atoms with Gasteiger partial charge in [0, 0.05) is 55.1 Å². The highest BCUT2D eigenvalue weighted by Gasteiger charge is 2.44. The van der Waals surface area contributed by atoms with Crippen molar-refractivity contribution in [3.63, 3.8) is 0 Å². The normalized spacial score (nSPS) is 20.1. The van der Waals surface area contributed by atoms with Gasteiger partial charge in [-0.25, -0.2) is 32.5 Å². The number of aromatic nitrogens is 6. The lowest BCUT2D eigenvalue weighted by molar-refractivity contribution is -0.0206. The van der Waals surface area contributed by atoms with Crippen molar-refractivity contribution in [1.29, 1.82) is 0 Å². The van der Waals surface area contributed by atoms with Gasteiger partial charge >= 0.3 is 5.69 Å². The van der Waals surface area contributed by atoms with E-state index in [9.17, 15) is 18.7 Å². The summed E-state index contributed by atoms with van der Waals surface area (Å²) < 4.78 is 45.6. The van der Waals surface area contributed by atoms with Crippen LogP contribution in [0.5, 0.6) is 5.75 Å². The third kappa shape index (κ3) is 7.56. The zero-order valence-corrected chi connectivity index (χ0v) is 29.2. The van der Waals surface area contributed by atoms with Crippen LogP contribution in [-0.4, -0.2) is 85.2 Å². The Morgan fingerprint density at radius 3 is 2.19 bits per heavy atom. The molecule has 0 bridgehead atoms. The van der Waals surface area contributed by atoms with Gasteiger partial charge in [-0.1, -0.05) is 13.0 Å². The SMILES string of the molecule is CCC(C(C)O)n1ncn(-c2ccc(N3CCN(c4ccc(OCC5COC(Cn6cncn6)(c6ccc(F)cc6F)C5)cc4)CC3)cc2)c1=O.O. The van der Waals surface area contributed by atoms with Gasteiger partial charge in [0.15, 0.2) is 0 Å². The Hall–Kier alpha value is -5.12. The fourth-order valence-corrected chi connectivity index (χ4v) is 7.24. The Morgan fingerprint density at radius 1 is 0.942 bits per heavy atom. The predicted molar refractivity (Wildman–Crippen MR) is 191 cm³/mol. The Morgan fingerprint density at radius 2 is 1.60 bits per heavy atom. The first kappa shape index (κ1) is 36.7. The average Bonchev–Trinajstić information content (AvgIpc) is 3.90. The molecule has 13 nitrogen and oxygen atoms in total. The van der Waals surface area contributed by atoms with Crippen LogP contribution in [0.3, 0.4) is 0 Å². The largest absolute Gasteiger partial charge is 0.493 e. The summed E-state index contributed by atoms with van der Waals surface area (Å²) in [6, 6.07) is 19.2. The van der Waals surface area contributed by atoms with Crippen LogP contribution in [0.2, 0.25) is 0 Å². The Balaban J connectivity index is 0.00000464. The van der Waals surface area contributed by atoms with Crippen LogP contribution < -0.4 is 20.2 Å². The highest BCUT2D eigenvalue weighted by molar-refractivity contribution is 5.54. The van der Waals surface area contributed by atoms with Crippen molar-refractivity contribution in [2.24, 2.45) is 5.92 Å². The summed E-state index contributed by atoms with van der Waals surface area (Å²) in [5.74, 6) is -0.563. The van der Waals surface area contributed by atoms with Crippen LogP contribution in [0.15, 0.2) is 90.5 Å². The fourth-order valence-electron chi connectivity index (χ4n) is 7.24. The molecule has 4 atom stereocenters. The maximum atomic E-state index is 15.0. The second kappa shape index (κ2) is 15.6. The number of halogens is 2. The third-order valence-electron chi connectivity index (χ3n) is 9.96. The summed E-state index contributed by atoms with van der Waals surface area (Å²) in [7, 11) is 0. The number of aliphatic hydroxyl groups excluding tert-OH is 1. The fraction of sp³-hybridized carbons (Fsp3) is 0.405. The van der Waals surface area contributed by atoms with Gasteiger partial charge in [-0.05, 0) is 74.4 Å². The monoisotopic (exact) mass is 718 g/mol. The van der Waals surface area contributed by atoms with E-state index in [0.29, 0.717) is 31.6 Å². The molecule has 0 saturated carbocycles. The Bertz CT molecular complexity index is 1960. The molecule has 2 fully saturated rings. The van der Waals surface area contributed by atoms with Crippen LogP contribution >= 0.6 is 0 Å². The molecule has 0 spiro atoms. The van der Waals surface area contributed by atoms with Crippen LogP contribution in [0.25, 0.3) is 5.69 Å². The average molecular weight is 719 g/mol. The topological polar surface area (TPSA) is 147 Å². The van der Waals surface area contributed by atoms with Gasteiger partial charge < -0.3 is 29.9 Å². The zero-order valence-electron chi connectivity index (χ0n) is 29.2. The molecule has 3 N–H and O–H groups in total. The molecule has 2 aliphatic rings. The molecule has 4 unspecified atom stereocenters. The van der Waals surface area contributed by atoms with E-state index in [0.717, 1.165) is 55.1 Å². The molecule has 2 saturated heterocycles. The van der Waals surface area contributed by atoms with Crippen molar-refractivity contribution in [3.05, 3.63) is 113 Å². The minimum Gasteiger partial charge on any atom is -0.493 e. The highest BCUT2D eigenvalue weighted by Crippen LogP contribution is 2.42. The van der Waals surface area contributed by atoms with E-state index < -0.39 is 23.3 Å². The molecule has 15 heteroatoms. The zero-order chi connectivity index (χ0) is 35.5. The first-order chi connectivity index (χ1) is 24.7. The lowest BCUT2D eigenvalue weighted by Gasteiger charge is -2.37. The van der Waals surface area contributed by atoms with Gasteiger partial charge in [0.25, 0.3) is 0 Å². The Kier molecular flexibility index (Phi) is 11.0. The Labute approximate surface area is 300 Å². The maximum absolute atomic E-state index is 15.0. The molecule has 5 aromatic rings. The molecule has 2 aliphatic heterocycles. The van der Waals surface area contributed by atoms with E-state index in [-0.39, 0.29) is 29.7 Å². The van der Waals surface area contributed by atoms with E-state index >= 15 is 0 Å². The lowest BCUT2D eigenvalue weighted by Crippen LogP contribution is -2.46. The molecular weight excluding hydrogens is 674 g/mol. The highest BCUT2D eigenvalue weighted by atomic mass is 19.1. The number of benzene rings is 3. The second-order valence-corrected chi connectivity index (χ2v) is 13.3. The van der Waals surface area contributed by atoms with Crippen molar-refractivity contribution >= 4 is 11.4 Å². The number of hydrogen-bond acceptors (Lipinski definition) is 9. The molecule has 0 aliphatic carbocycles. The number of anilines is 2. The van der Waals surface area contributed by atoms with Crippen LogP contribution in [-0.2, 0) is 16.9 Å². The van der Waals surface area contributed by atoms with Crippen LogP contribution in [0, 0.1) is 17.6 Å². The molecule has 0 amide bonds. The number of ether oxygens (including phenoxy) is 2. The minimum absolute atomic E-state index is 0. The summed E-state index contributed by atoms with van der Waals surface area (Å²) in [6.07, 6.45) is 4.88. The molecule has 3 aromatic carbocycles. The third-order valence-corrected chi connectivity index (χ3v) is 9.96. The molecule has 7 rings (SSSR count). The number of nitrogens with zero attached hydrogens (tertiary/aromatic N) is 8. The summed E-state index contributed by atoms with van der Waals surface area (Å²) in [6.45, 7) is 7.97. The molecule has 52 heavy (non-hydrogen) atoms. The summed E-state index contributed by atoms with van der Waals surface area (Å²) in [4.78, 5) is 21.7. The standard InChI is InChI=1S/C37H42F2N8O4.H2O/c1-3-35(26(2)48)47-36(49)46(25-42-47)31-7-5-29(6-8-31)43-14-16-44(17-15-43)30-9-11-32(12-10-30)50-20-27-19-37(51-21-27,22-45-24-40-23-41-45)33-13-4-28(38)18-34(33)39;/h4-13,18,23-27,35,48H,3,14-17,19-22H2,1-2H3;1H2. The quantitative estimate of drug-likeness (QED) is 0.204. The van der Waals surface area contributed by atoms with Crippen LogP contribution in [0.4, 0.5) is 20.2 Å². The van der Waals surface area contributed by atoms with E-state index in [1.165, 1.54) is 34.0 Å². The lowest BCUT2D eigenvalue weighted by atomic mass is 9.87. The molecule has 0 radical (unpaired) electrons. The summed E-state index contributed by atoms with van der Waals surface area (Å²) in [5, 5.41) is 18.5. The van der Waals surface area contributed by atoms with Crippen molar-refractivity contribution in [2.75, 3.05) is 49.2 Å². The first-order valence-corrected chi connectivity index (χ1v) is 17.3. The number of rotatable bonds is 12. The molecular formula is C37H44F2N8O5. The first-order valence-electron chi connectivity index (χ1n) is 17.3. The molecule has 4 heterocycles. The summed E-state index contributed by atoms with van der Waals surface area (Å²) >= 11 is 0. The van der Waals surface area contributed by atoms with E-state index in [4.69, 9.17) is 9.47 Å². The van der Waals surface area contributed by atoms with Gasteiger partial charge in [-0.3, -0.25) is 0 Å². The smallest absolute Gasteiger partial charge is 0.350 e. The number of hydrogen-bond donors (Lipinski definition) is 1. The second-order valence-electron chi connectivity index (χ2n) is 13.3. The minimum atomic E-state index is -1.02. The van der Waals surface area contributed by atoms with Crippen molar-refractivity contribution < 1.29 is 28.8 Å². The van der Waals surface area contributed by atoms with Gasteiger partial charge in [0.1, 0.15) is 42.0 Å². The van der Waals surface area contributed by atoms with Gasteiger partial charge in [-0.2, -0.15) is 10.2 Å². The molecule has 2 aromatic heterocycles. The van der Waals surface area contributed by atoms with E-state index in [1.807, 2.05) is 43.3 Å². The van der Waals surface area contributed by atoms with E-state index in [1.54, 1.807) is 17.9 Å².